The Labute approximate surface area is 137 Å². The number of carbonyl (C=O) groups excluding carboxylic acids is 2. The van der Waals surface area contributed by atoms with E-state index >= 15 is 0 Å². The van der Waals surface area contributed by atoms with Crippen LogP contribution < -0.4 is 5.32 Å². The maximum atomic E-state index is 12.7. The molecule has 0 saturated carbocycles. The number of aryl methyl sites for hydroxylation is 1. The molecule has 7 nitrogen and oxygen atoms in total. The summed E-state index contributed by atoms with van der Waals surface area (Å²) in [4.78, 5) is 33.0. The van der Waals surface area contributed by atoms with E-state index in [9.17, 15) is 9.59 Å². The van der Waals surface area contributed by atoms with Gasteiger partial charge in [0.05, 0.1) is 19.0 Å². The lowest BCUT2D eigenvalue weighted by Crippen LogP contribution is -2.58. The highest BCUT2D eigenvalue weighted by Crippen LogP contribution is 2.15. The zero-order valence-electron chi connectivity index (χ0n) is 14.5. The molecular formula is C16H27N5O2. The summed E-state index contributed by atoms with van der Waals surface area (Å²) in [5.74, 6) is 0.781. The van der Waals surface area contributed by atoms with Gasteiger partial charge < -0.3 is 14.8 Å². The monoisotopic (exact) mass is 321 g/mol. The van der Waals surface area contributed by atoms with Gasteiger partial charge in [-0.25, -0.2) is 4.98 Å². The van der Waals surface area contributed by atoms with Crippen LogP contribution in [0, 0.1) is 0 Å². The van der Waals surface area contributed by atoms with E-state index in [0.29, 0.717) is 19.6 Å². The molecule has 1 aliphatic rings. The number of hydrogen-bond acceptors (Lipinski definition) is 4. The van der Waals surface area contributed by atoms with Crippen LogP contribution in [0.5, 0.6) is 0 Å². The minimum atomic E-state index is -0.383. The second-order valence-electron chi connectivity index (χ2n) is 6.20. The van der Waals surface area contributed by atoms with Crippen molar-refractivity contribution in [2.75, 3.05) is 19.6 Å². The Hall–Kier alpha value is -1.89. The Morgan fingerprint density at radius 1 is 1.52 bits per heavy atom. The minimum Gasteiger partial charge on any atom is -0.353 e. The van der Waals surface area contributed by atoms with Crippen LogP contribution in [0.2, 0.25) is 0 Å². The van der Waals surface area contributed by atoms with Gasteiger partial charge in [-0.05, 0) is 20.8 Å². The van der Waals surface area contributed by atoms with E-state index in [1.54, 1.807) is 11.1 Å². The van der Waals surface area contributed by atoms with Gasteiger partial charge in [-0.1, -0.05) is 0 Å². The van der Waals surface area contributed by atoms with Gasteiger partial charge in [-0.2, -0.15) is 0 Å². The number of nitrogens with zero attached hydrogens (tertiary/aromatic N) is 4. The van der Waals surface area contributed by atoms with Gasteiger partial charge in [0.1, 0.15) is 5.82 Å². The van der Waals surface area contributed by atoms with Crippen molar-refractivity contribution in [3.05, 3.63) is 18.2 Å². The predicted octanol–water partition coefficient (Wildman–Crippen LogP) is 0.368. The van der Waals surface area contributed by atoms with Crippen LogP contribution >= 0.6 is 0 Å². The van der Waals surface area contributed by atoms with E-state index in [1.165, 1.54) is 0 Å². The number of nitrogens with one attached hydrogen (secondary N) is 1. The van der Waals surface area contributed by atoms with Gasteiger partial charge in [0, 0.05) is 45.1 Å². The molecule has 0 aromatic carbocycles. The number of amides is 2. The van der Waals surface area contributed by atoms with Crippen LogP contribution in [-0.2, 0) is 23.2 Å². The van der Waals surface area contributed by atoms with E-state index in [1.807, 2.05) is 24.7 Å². The molecule has 0 unspecified atom stereocenters. The number of imidazole rings is 1. The first kappa shape index (κ1) is 17.5. The molecule has 23 heavy (non-hydrogen) atoms. The van der Waals surface area contributed by atoms with Gasteiger partial charge in [0.2, 0.25) is 11.8 Å². The van der Waals surface area contributed by atoms with Crippen LogP contribution in [0.4, 0.5) is 0 Å². The highest BCUT2D eigenvalue weighted by molar-refractivity contribution is 5.88. The van der Waals surface area contributed by atoms with Crippen molar-refractivity contribution in [1.29, 1.82) is 0 Å². The van der Waals surface area contributed by atoms with Crippen molar-refractivity contribution in [2.45, 2.75) is 45.8 Å². The number of aromatic nitrogens is 2. The average Bonchev–Trinajstić information content (AvgIpc) is 2.91. The second-order valence-corrected chi connectivity index (χ2v) is 6.20. The number of rotatable bonds is 6. The van der Waals surface area contributed by atoms with Crippen LogP contribution in [0.1, 0.15) is 33.0 Å². The fourth-order valence-corrected chi connectivity index (χ4v) is 2.95. The molecule has 1 aromatic heterocycles. The third kappa shape index (κ3) is 4.10. The van der Waals surface area contributed by atoms with Crippen molar-refractivity contribution in [1.82, 2.24) is 24.7 Å². The lowest BCUT2D eigenvalue weighted by atomic mass is 10.1. The minimum absolute atomic E-state index is 0.0109. The van der Waals surface area contributed by atoms with Crippen LogP contribution in [-0.4, -0.2) is 62.9 Å². The molecule has 2 heterocycles. The summed E-state index contributed by atoms with van der Waals surface area (Å²) in [6.07, 6.45) is 3.80. The summed E-state index contributed by atoms with van der Waals surface area (Å²) >= 11 is 0. The Kier molecular flexibility index (Phi) is 5.76. The molecule has 0 spiro atoms. The quantitative estimate of drug-likeness (QED) is 0.822. The standard InChI is InChI=1S/C16H27N5O2/c1-5-20(11-14-17-6-8-19(14)4)15(22)10-13-16(23)18-7-9-21(13)12(2)3/h6,8,12-13H,5,7,9-11H2,1-4H3,(H,18,23)/t13-/m1/s1. The zero-order chi connectivity index (χ0) is 17.0. The first-order valence-electron chi connectivity index (χ1n) is 8.21. The Balaban J connectivity index is 2.05. The fourth-order valence-electron chi connectivity index (χ4n) is 2.95. The van der Waals surface area contributed by atoms with Gasteiger partial charge in [0.15, 0.2) is 0 Å². The first-order valence-corrected chi connectivity index (χ1v) is 8.21. The van der Waals surface area contributed by atoms with Crippen LogP contribution in [0.3, 0.4) is 0 Å². The smallest absolute Gasteiger partial charge is 0.237 e. The van der Waals surface area contributed by atoms with E-state index in [-0.39, 0.29) is 30.3 Å². The Morgan fingerprint density at radius 3 is 2.83 bits per heavy atom. The molecule has 2 amide bonds. The molecule has 1 atom stereocenters. The van der Waals surface area contributed by atoms with Gasteiger partial charge in [-0.15, -0.1) is 0 Å². The van der Waals surface area contributed by atoms with E-state index in [4.69, 9.17) is 0 Å². The predicted molar refractivity (Wildman–Crippen MR) is 87.6 cm³/mol. The molecule has 1 aliphatic heterocycles. The number of hydrogen-bond donors (Lipinski definition) is 1. The Morgan fingerprint density at radius 2 is 2.26 bits per heavy atom. The lowest BCUT2D eigenvalue weighted by molar-refractivity contribution is -0.139. The highest BCUT2D eigenvalue weighted by Gasteiger charge is 2.34. The summed E-state index contributed by atoms with van der Waals surface area (Å²) in [7, 11) is 1.91. The zero-order valence-corrected chi connectivity index (χ0v) is 14.5. The maximum absolute atomic E-state index is 12.7. The summed E-state index contributed by atoms with van der Waals surface area (Å²) in [5, 5.41) is 2.87. The molecule has 0 aliphatic carbocycles. The van der Waals surface area contributed by atoms with Gasteiger partial charge in [0.25, 0.3) is 0 Å². The van der Waals surface area contributed by atoms with Crippen molar-refractivity contribution in [3.8, 4) is 0 Å². The molecule has 0 bridgehead atoms. The van der Waals surface area contributed by atoms with Gasteiger partial charge >= 0.3 is 0 Å². The molecule has 0 radical (unpaired) electrons. The molecule has 1 fully saturated rings. The van der Waals surface area contributed by atoms with Crippen molar-refractivity contribution in [3.63, 3.8) is 0 Å². The normalized spacial score (nSPS) is 19.0. The van der Waals surface area contributed by atoms with E-state index < -0.39 is 0 Å². The fraction of sp³-hybridized carbons (Fsp3) is 0.688. The van der Waals surface area contributed by atoms with E-state index in [0.717, 1.165) is 12.4 Å². The third-order valence-corrected chi connectivity index (χ3v) is 4.39. The van der Waals surface area contributed by atoms with Gasteiger partial charge in [-0.3, -0.25) is 14.5 Å². The number of carbonyl (C=O) groups is 2. The van der Waals surface area contributed by atoms with Crippen LogP contribution in [0.15, 0.2) is 12.4 Å². The highest BCUT2D eigenvalue weighted by atomic mass is 16.2. The molecular weight excluding hydrogens is 294 g/mol. The molecule has 1 N–H and O–H groups in total. The van der Waals surface area contributed by atoms with E-state index in [2.05, 4.69) is 29.0 Å². The molecule has 128 valence electrons. The summed E-state index contributed by atoms with van der Waals surface area (Å²) in [6, 6.07) is -0.143. The first-order chi connectivity index (χ1) is 10.9. The van der Waals surface area contributed by atoms with Crippen molar-refractivity contribution in [2.24, 2.45) is 7.05 Å². The lowest BCUT2D eigenvalue weighted by Gasteiger charge is -2.38. The summed E-state index contributed by atoms with van der Waals surface area (Å²) < 4.78 is 1.91. The summed E-state index contributed by atoms with van der Waals surface area (Å²) in [5.41, 5.74) is 0. The molecule has 2 rings (SSSR count). The topological polar surface area (TPSA) is 70.5 Å². The maximum Gasteiger partial charge on any atom is 0.237 e. The second kappa shape index (κ2) is 7.59. The molecule has 7 heteroatoms. The van der Waals surface area contributed by atoms with Crippen molar-refractivity contribution >= 4 is 11.8 Å². The largest absolute Gasteiger partial charge is 0.353 e. The summed E-state index contributed by atoms with van der Waals surface area (Å²) in [6.45, 7) is 8.56. The molecule has 1 saturated heterocycles. The SMILES string of the molecule is CCN(Cc1nccn1C)C(=O)C[C@@H]1C(=O)NCCN1C(C)C. The number of piperazine rings is 1. The van der Waals surface area contributed by atoms with Crippen molar-refractivity contribution < 1.29 is 9.59 Å². The average molecular weight is 321 g/mol. The molecule has 1 aromatic rings. The van der Waals surface area contributed by atoms with Crippen LogP contribution in [0.25, 0.3) is 0 Å². The third-order valence-electron chi connectivity index (χ3n) is 4.39. The Bertz CT molecular complexity index is 554.